The van der Waals surface area contributed by atoms with Crippen LogP contribution in [0.5, 0.6) is 0 Å². The zero-order chi connectivity index (χ0) is 38.9. The normalized spacial score (nSPS) is 11.7. The molecule has 59 heavy (non-hydrogen) atoms. The van der Waals surface area contributed by atoms with E-state index >= 15 is 0 Å². The van der Waals surface area contributed by atoms with Crippen LogP contribution in [0, 0.1) is 0 Å². The van der Waals surface area contributed by atoms with Gasteiger partial charge < -0.3 is 0 Å². The Morgan fingerprint density at radius 2 is 0.966 bits per heavy atom. The molecule has 0 saturated heterocycles. The summed E-state index contributed by atoms with van der Waals surface area (Å²) in [5.41, 5.74) is 11.6. The van der Waals surface area contributed by atoms with Crippen LogP contribution in [0.3, 0.4) is 0 Å². The van der Waals surface area contributed by atoms with E-state index in [4.69, 9.17) is 15.0 Å². The molecule has 274 valence electrons. The third-order valence-electron chi connectivity index (χ3n) is 11.6. The van der Waals surface area contributed by atoms with E-state index in [1.54, 1.807) is 0 Å². The van der Waals surface area contributed by atoms with Gasteiger partial charge in [0.15, 0.2) is 5.82 Å². The lowest BCUT2D eigenvalue weighted by molar-refractivity contribution is 1.21. The van der Waals surface area contributed by atoms with Crippen LogP contribution >= 0.6 is 11.3 Å². The second-order valence-electron chi connectivity index (χ2n) is 15.0. The van der Waals surface area contributed by atoms with Crippen molar-refractivity contribution in [2.24, 2.45) is 0 Å². The minimum atomic E-state index is 0.671. The summed E-state index contributed by atoms with van der Waals surface area (Å²) >= 11 is 1.82. The Morgan fingerprint density at radius 1 is 0.390 bits per heavy atom. The molecule has 0 fully saturated rings. The van der Waals surface area contributed by atoms with Gasteiger partial charge in [-0.2, -0.15) is 0 Å². The molecule has 0 bridgehead atoms. The van der Waals surface area contributed by atoms with Gasteiger partial charge in [-0.15, -0.1) is 11.3 Å². The molecule has 4 heterocycles. The van der Waals surface area contributed by atoms with E-state index in [2.05, 4.69) is 169 Å². The molecule has 8 aromatic carbocycles. The van der Waals surface area contributed by atoms with Crippen LogP contribution in [0.15, 0.2) is 195 Å². The van der Waals surface area contributed by atoms with Crippen molar-refractivity contribution in [1.29, 1.82) is 0 Å². The number of hydrogen-bond donors (Lipinski definition) is 0. The first-order valence-electron chi connectivity index (χ1n) is 19.8. The number of pyridine rings is 2. The van der Waals surface area contributed by atoms with Crippen molar-refractivity contribution in [3.8, 4) is 56.0 Å². The third kappa shape index (κ3) is 5.43. The molecule has 0 atom stereocenters. The zero-order valence-corrected chi connectivity index (χ0v) is 32.5. The van der Waals surface area contributed by atoms with Crippen LogP contribution in [0.25, 0.3) is 120 Å². The van der Waals surface area contributed by atoms with E-state index in [-0.39, 0.29) is 0 Å². The summed E-state index contributed by atoms with van der Waals surface area (Å²) in [5.74, 6) is 0.671. The fraction of sp³-hybridized carbons (Fsp3) is 0. The van der Waals surface area contributed by atoms with E-state index in [0.717, 1.165) is 49.8 Å². The molecule has 4 nitrogen and oxygen atoms in total. The second-order valence-corrected chi connectivity index (χ2v) is 16.0. The van der Waals surface area contributed by atoms with Gasteiger partial charge in [-0.3, -0.25) is 4.98 Å². The number of fused-ring (bicyclic) bond motifs is 9. The minimum absolute atomic E-state index is 0.671. The average Bonchev–Trinajstić information content (AvgIpc) is 3.70. The topological polar surface area (TPSA) is 51.6 Å². The van der Waals surface area contributed by atoms with E-state index in [1.165, 1.54) is 64.0 Å². The highest BCUT2D eigenvalue weighted by Gasteiger charge is 2.20. The maximum Gasteiger partial charge on any atom is 0.159 e. The Hall–Kier alpha value is -7.60. The lowest BCUT2D eigenvalue weighted by atomic mass is 9.86. The summed E-state index contributed by atoms with van der Waals surface area (Å²) in [4.78, 5) is 19.8. The summed E-state index contributed by atoms with van der Waals surface area (Å²) in [6.07, 6.45) is 5.54. The Labute approximate surface area is 343 Å². The summed E-state index contributed by atoms with van der Waals surface area (Å²) in [6, 6.07) is 63.0. The van der Waals surface area contributed by atoms with Crippen LogP contribution < -0.4 is 0 Å². The summed E-state index contributed by atoms with van der Waals surface area (Å²) < 4.78 is 2.46. The first kappa shape index (κ1) is 33.5. The molecule has 5 heteroatoms. The highest BCUT2D eigenvalue weighted by Crippen LogP contribution is 2.46. The van der Waals surface area contributed by atoms with Crippen molar-refractivity contribution in [2.45, 2.75) is 0 Å². The third-order valence-corrected chi connectivity index (χ3v) is 12.8. The molecule has 0 aliphatic heterocycles. The lowest BCUT2D eigenvalue weighted by Gasteiger charge is -2.18. The van der Waals surface area contributed by atoms with Crippen molar-refractivity contribution in [3.63, 3.8) is 0 Å². The van der Waals surface area contributed by atoms with E-state index in [1.807, 2.05) is 42.1 Å². The number of benzene rings is 8. The highest BCUT2D eigenvalue weighted by atomic mass is 32.1. The maximum atomic E-state index is 5.35. The highest BCUT2D eigenvalue weighted by molar-refractivity contribution is 7.26. The number of nitrogens with zero attached hydrogens (tertiary/aromatic N) is 4. The van der Waals surface area contributed by atoms with Crippen LogP contribution in [-0.2, 0) is 0 Å². The molecule has 0 radical (unpaired) electrons. The van der Waals surface area contributed by atoms with Crippen molar-refractivity contribution in [2.75, 3.05) is 0 Å². The van der Waals surface area contributed by atoms with Crippen molar-refractivity contribution in [3.05, 3.63) is 195 Å². The number of thiophene rings is 1. The Bertz CT molecular complexity index is 3540. The Morgan fingerprint density at radius 3 is 1.68 bits per heavy atom. The van der Waals surface area contributed by atoms with Crippen LogP contribution in [-0.4, -0.2) is 19.9 Å². The van der Waals surface area contributed by atoms with Gasteiger partial charge in [-0.25, -0.2) is 15.0 Å². The Balaban J connectivity index is 1.06. The van der Waals surface area contributed by atoms with E-state index in [9.17, 15) is 0 Å². The average molecular weight is 769 g/mol. The molecule has 12 aromatic rings. The fourth-order valence-electron chi connectivity index (χ4n) is 8.93. The maximum absolute atomic E-state index is 5.35. The van der Waals surface area contributed by atoms with Gasteiger partial charge in [0, 0.05) is 54.5 Å². The quantitative estimate of drug-likeness (QED) is 0.129. The largest absolute Gasteiger partial charge is 0.265 e. The molecule has 0 saturated carbocycles. The predicted molar refractivity (Wildman–Crippen MR) is 248 cm³/mol. The summed E-state index contributed by atoms with van der Waals surface area (Å²) in [5, 5.41) is 9.62. The van der Waals surface area contributed by atoms with Gasteiger partial charge in [-0.05, 0) is 79.2 Å². The molecule has 0 N–H and O–H groups in total. The second kappa shape index (κ2) is 13.5. The first-order valence-corrected chi connectivity index (χ1v) is 20.6. The molecule has 12 rings (SSSR count). The monoisotopic (exact) mass is 768 g/mol. The predicted octanol–water partition coefficient (Wildman–Crippen LogP) is 14.6. The first-order chi connectivity index (χ1) is 29.3. The summed E-state index contributed by atoms with van der Waals surface area (Å²) in [7, 11) is 0. The van der Waals surface area contributed by atoms with Crippen LogP contribution in [0.1, 0.15) is 0 Å². The number of rotatable bonds is 5. The van der Waals surface area contributed by atoms with Crippen LogP contribution in [0.2, 0.25) is 0 Å². The lowest BCUT2D eigenvalue weighted by Crippen LogP contribution is -1.96. The zero-order valence-electron chi connectivity index (χ0n) is 31.7. The Kier molecular flexibility index (Phi) is 7.68. The SMILES string of the molecule is c1ccc(-c2c3ccccc3c(-c3ccc(-c4nc5cnc(-c6cccc(-c7ccncc7)c6)nc5c5c4ccc4c6ccccc6sc45)cc3)c3ccccc23)cc1. The summed E-state index contributed by atoms with van der Waals surface area (Å²) in [6.45, 7) is 0. The molecule has 0 aliphatic carbocycles. The van der Waals surface area contributed by atoms with E-state index < -0.39 is 0 Å². The molecule has 0 unspecified atom stereocenters. The van der Waals surface area contributed by atoms with Crippen molar-refractivity contribution in [1.82, 2.24) is 19.9 Å². The smallest absolute Gasteiger partial charge is 0.159 e. The van der Waals surface area contributed by atoms with Gasteiger partial charge in [0.25, 0.3) is 0 Å². The molecule has 0 aliphatic rings. The number of hydrogen-bond acceptors (Lipinski definition) is 5. The van der Waals surface area contributed by atoms with Gasteiger partial charge in [-0.1, -0.05) is 152 Å². The van der Waals surface area contributed by atoms with Gasteiger partial charge in [0.05, 0.1) is 11.9 Å². The standard InChI is InChI=1S/C54H32N4S/c1-2-11-34(12-3-1)48-40-16-4-6-18-42(40)49(43-19-7-5-17-41(43)48)35-21-23-36(24-22-35)51-45-26-25-44-39-15-8-9-20-47(39)59-53(44)50(45)52-46(57-51)32-56-54(58-52)38-14-10-13-37(31-38)33-27-29-55-30-28-33/h1-32H. The van der Waals surface area contributed by atoms with Crippen LogP contribution in [0.4, 0.5) is 0 Å². The van der Waals surface area contributed by atoms with Crippen molar-refractivity contribution < 1.29 is 0 Å². The molecular formula is C54H32N4S. The number of aromatic nitrogens is 4. The molecule has 0 amide bonds. The molecule has 4 aromatic heterocycles. The van der Waals surface area contributed by atoms with E-state index in [0.29, 0.717) is 5.82 Å². The molecular weight excluding hydrogens is 737 g/mol. The fourth-order valence-corrected chi connectivity index (χ4v) is 10.2. The van der Waals surface area contributed by atoms with Gasteiger partial charge in [0.1, 0.15) is 11.0 Å². The van der Waals surface area contributed by atoms with Crippen molar-refractivity contribution >= 4 is 74.9 Å². The molecule has 0 spiro atoms. The minimum Gasteiger partial charge on any atom is -0.265 e. The van der Waals surface area contributed by atoms with Gasteiger partial charge in [0.2, 0.25) is 0 Å². The van der Waals surface area contributed by atoms with Gasteiger partial charge >= 0.3 is 0 Å².